The van der Waals surface area contributed by atoms with Crippen LogP contribution in [0.15, 0.2) is 36.7 Å². The molecule has 0 spiro atoms. The second-order valence-electron chi connectivity index (χ2n) is 9.77. The predicted molar refractivity (Wildman–Crippen MR) is 135 cm³/mol. The van der Waals surface area contributed by atoms with Crippen molar-refractivity contribution in [1.82, 2.24) is 9.97 Å². The van der Waals surface area contributed by atoms with E-state index in [1.165, 1.54) is 82.6 Å². The molecule has 3 nitrogen and oxygen atoms in total. The van der Waals surface area contributed by atoms with Crippen molar-refractivity contribution in [3.63, 3.8) is 0 Å². The summed E-state index contributed by atoms with van der Waals surface area (Å²) in [6.45, 7) is 5.37. The largest absolute Gasteiger partial charge is 0.494 e. The van der Waals surface area contributed by atoms with Crippen molar-refractivity contribution in [3.05, 3.63) is 42.2 Å². The zero-order valence-electron chi connectivity index (χ0n) is 20.5. The molecule has 0 amide bonds. The van der Waals surface area contributed by atoms with Gasteiger partial charge in [-0.25, -0.2) is 9.97 Å². The first-order chi connectivity index (χ1) is 15.8. The number of hydrogen-bond acceptors (Lipinski definition) is 3. The third-order valence-electron chi connectivity index (χ3n) is 7.09. The fourth-order valence-electron chi connectivity index (χ4n) is 4.99. The molecule has 1 heterocycles. The maximum atomic E-state index is 5.89. The van der Waals surface area contributed by atoms with Crippen molar-refractivity contribution >= 4 is 0 Å². The average Bonchev–Trinajstić information content (AvgIpc) is 2.84. The Morgan fingerprint density at radius 2 is 1.38 bits per heavy atom. The number of aromatic nitrogens is 2. The molecule has 0 radical (unpaired) electrons. The van der Waals surface area contributed by atoms with Crippen LogP contribution in [0.3, 0.4) is 0 Å². The van der Waals surface area contributed by atoms with Crippen LogP contribution in [0.25, 0.3) is 11.4 Å². The number of hydrogen-bond donors (Lipinski definition) is 0. The van der Waals surface area contributed by atoms with Crippen molar-refractivity contribution in [2.75, 3.05) is 6.61 Å². The molecule has 176 valence electrons. The topological polar surface area (TPSA) is 35.0 Å². The van der Waals surface area contributed by atoms with Gasteiger partial charge >= 0.3 is 0 Å². The van der Waals surface area contributed by atoms with Gasteiger partial charge in [0.15, 0.2) is 5.82 Å². The van der Waals surface area contributed by atoms with Gasteiger partial charge in [0.05, 0.1) is 6.61 Å². The van der Waals surface area contributed by atoms with E-state index in [9.17, 15) is 0 Å². The van der Waals surface area contributed by atoms with Crippen LogP contribution >= 0.6 is 0 Å². The van der Waals surface area contributed by atoms with Gasteiger partial charge in [-0.1, -0.05) is 84.5 Å². The van der Waals surface area contributed by atoms with Gasteiger partial charge in [0, 0.05) is 18.0 Å². The molecular weight excluding hydrogens is 392 g/mol. The van der Waals surface area contributed by atoms with E-state index in [2.05, 4.69) is 35.9 Å². The Balaban J connectivity index is 1.37. The number of nitrogens with zero attached hydrogens (tertiary/aromatic N) is 2. The molecule has 1 aliphatic carbocycles. The fraction of sp³-hybridized carbons (Fsp3) is 0.655. The van der Waals surface area contributed by atoms with Gasteiger partial charge in [0.25, 0.3) is 0 Å². The van der Waals surface area contributed by atoms with Gasteiger partial charge in [-0.05, 0) is 60.9 Å². The van der Waals surface area contributed by atoms with Crippen LogP contribution in [0.5, 0.6) is 5.75 Å². The first-order valence-corrected chi connectivity index (χ1v) is 13.3. The summed E-state index contributed by atoms with van der Waals surface area (Å²) in [4.78, 5) is 9.28. The van der Waals surface area contributed by atoms with Crippen molar-refractivity contribution < 1.29 is 4.74 Å². The minimum absolute atomic E-state index is 0.802. The molecule has 1 aliphatic rings. The van der Waals surface area contributed by atoms with Gasteiger partial charge in [-0.2, -0.15) is 0 Å². The lowest BCUT2D eigenvalue weighted by Gasteiger charge is -2.28. The first kappa shape index (κ1) is 24.7. The molecule has 0 aliphatic heterocycles. The molecule has 1 fully saturated rings. The summed E-state index contributed by atoms with van der Waals surface area (Å²) in [6.07, 6.45) is 22.6. The lowest BCUT2D eigenvalue weighted by atomic mass is 9.78. The maximum Gasteiger partial charge on any atom is 0.159 e. The highest BCUT2D eigenvalue weighted by molar-refractivity contribution is 5.55. The van der Waals surface area contributed by atoms with Crippen LogP contribution in [0, 0.1) is 11.8 Å². The summed E-state index contributed by atoms with van der Waals surface area (Å²) >= 11 is 0. The molecule has 0 saturated heterocycles. The number of aryl methyl sites for hydroxylation is 1. The van der Waals surface area contributed by atoms with E-state index in [4.69, 9.17) is 4.74 Å². The summed E-state index contributed by atoms with van der Waals surface area (Å²) in [6, 6.07) is 8.22. The van der Waals surface area contributed by atoms with E-state index < -0.39 is 0 Å². The normalized spacial score (nSPS) is 18.6. The summed E-state index contributed by atoms with van der Waals surface area (Å²) in [5, 5.41) is 0. The summed E-state index contributed by atoms with van der Waals surface area (Å²) in [5.41, 5.74) is 2.32. The van der Waals surface area contributed by atoms with Crippen LogP contribution in [-0.2, 0) is 6.42 Å². The predicted octanol–water partition coefficient (Wildman–Crippen LogP) is 8.42. The molecular formula is C29H44N2O. The van der Waals surface area contributed by atoms with E-state index in [0.717, 1.165) is 48.4 Å². The third-order valence-corrected chi connectivity index (χ3v) is 7.09. The quantitative estimate of drug-likeness (QED) is 0.279. The van der Waals surface area contributed by atoms with Gasteiger partial charge in [0.2, 0.25) is 0 Å². The molecule has 0 N–H and O–H groups in total. The zero-order valence-corrected chi connectivity index (χ0v) is 20.5. The molecule has 0 unspecified atom stereocenters. The van der Waals surface area contributed by atoms with Crippen molar-refractivity contribution in [2.45, 2.75) is 104 Å². The number of benzene rings is 1. The standard InChI is InChI=1S/C29H44N2O/c1-3-5-6-7-8-9-21-32-28-19-17-27(18-20-28)29-30-22-26(23-31-29)16-15-25-13-11-24(10-4-2)12-14-25/h17-20,22-25H,3-16,21H2,1-2H3. The van der Waals surface area contributed by atoms with Gasteiger partial charge in [0.1, 0.15) is 5.75 Å². The molecule has 2 aromatic rings. The second-order valence-corrected chi connectivity index (χ2v) is 9.77. The Bertz CT molecular complexity index is 733. The van der Waals surface area contributed by atoms with Crippen LogP contribution in [0.2, 0.25) is 0 Å². The number of rotatable bonds is 14. The minimum Gasteiger partial charge on any atom is -0.494 e. The molecule has 3 rings (SSSR count). The lowest BCUT2D eigenvalue weighted by Crippen LogP contribution is -2.15. The Hall–Kier alpha value is -1.90. The first-order valence-electron chi connectivity index (χ1n) is 13.3. The molecule has 0 atom stereocenters. The minimum atomic E-state index is 0.802. The summed E-state index contributed by atoms with van der Waals surface area (Å²) < 4.78 is 5.89. The molecule has 1 saturated carbocycles. The molecule has 32 heavy (non-hydrogen) atoms. The highest BCUT2D eigenvalue weighted by atomic mass is 16.5. The van der Waals surface area contributed by atoms with Crippen LogP contribution < -0.4 is 4.74 Å². The van der Waals surface area contributed by atoms with Crippen LogP contribution in [0.1, 0.15) is 103 Å². The molecule has 1 aromatic heterocycles. The highest BCUT2D eigenvalue weighted by Crippen LogP contribution is 2.33. The monoisotopic (exact) mass is 436 g/mol. The summed E-state index contributed by atoms with van der Waals surface area (Å²) in [5.74, 6) is 3.63. The lowest BCUT2D eigenvalue weighted by molar-refractivity contribution is 0.252. The molecule has 0 bridgehead atoms. The smallest absolute Gasteiger partial charge is 0.159 e. The SMILES string of the molecule is CCCCCCCCOc1ccc(-c2ncc(CCC3CCC(CCC)CC3)cn2)cc1. The second kappa shape index (κ2) is 14.3. The average molecular weight is 437 g/mol. The van der Waals surface area contributed by atoms with Crippen LogP contribution in [0.4, 0.5) is 0 Å². The molecule has 1 aromatic carbocycles. The van der Waals surface area contributed by atoms with E-state index in [1.54, 1.807) is 0 Å². The fourth-order valence-corrected chi connectivity index (χ4v) is 4.99. The van der Waals surface area contributed by atoms with Crippen molar-refractivity contribution in [1.29, 1.82) is 0 Å². The summed E-state index contributed by atoms with van der Waals surface area (Å²) in [7, 11) is 0. The van der Waals surface area contributed by atoms with Crippen molar-refractivity contribution in [2.24, 2.45) is 11.8 Å². The third kappa shape index (κ3) is 8.56. The number of unbranched alkanes of at least 4 members (excludes halogenated alkanes) is 5. The van der Waals surface area contributed by atoms with E-state index in [0.29, 0.717) is 0 Å². The Morgan fingerprint density at radius 1 is 0.750 bits per heavy atom. The van der Waals surface area contributed by atoms with E-state index in [1.807, 2.05) is 24.5 Å². The van der Waals surface area contributed by atoms with Crippen LogP contribution in [-0.4, -0.2) is 16.6 Å². The Kier molecular flexibility index (Phi) is 11.0. The Labute approximate surface area is 196 Å². The number of ether oxygens (including phenoxy) is 1. The zero-order chi connectivity index (χ0) is 22.4. The van der Waals surface area contributed by atoms with Gasteiger partial charge < -0.3 is 4.74 Å². The molecule has 3 heteroatoms. The van der Waals surface area contributed by atoms with E-state index in [-0.39, 0.29) is 0 Å². The maximum absolute atomic E-state index is 5.89. The van der Waals surface area contributed by atoms with Gasteiger partial charge in [-0.15, -0.1) is 0 Å². The Morgan fingerprint density at radius 3 is 2.03 bits per heavy atom. The van der Waals surface area contributed by atoms with E-state index >= 15 is 0 Å². The van der Waals surface area contributed by atoms with Gasteiger partial charge in [-0.3, -0.25) is 0 Å². The van der Waals surface area contributed by atoms with Crippen molar-refractivity contribution in [3.8, 4) is 17.1 Å². The highest BCUT2D eigenvalue weighted by Gasteiger charge is 2.20.